The minimum Gasteiger partial charge on any atom is -0.485 e. The average molecular weight is 361 g/mol. The molecule has 26 heavy (non-hydrogen) atoms. The lowest BCUT2D eigenvalue weighted by atomic mass is 10.1. The Hall–Kier alpha value is -2.96. The Morgan fingerprint density at radius 1 is 1.04 bits per heavy atom. The Bertz CT molecular complexity index is 827. The van der Waals surface area contributed by atoms with Gasteiger partial charge in [0.25, 0.3) is 5.91 Å². The number of para-hydroxylation sites is 1. The molecule has 1 aliphatic rings. The van der Waals surface area contributed by atoms with Gasteiger partial charge in [0, 0.05) is 6.42 Å². The second kappa shape index (κ2) is 7.51. The zero-order valence-corrected chi connectivity index (χ0v) is 14.0. The highest BCUT2D eigenvalue weighted by atomic mass is 19.1. The van der Waals surface area contributed by atoms with Gasteiger partial charge >= 0.3 is 5.97 Å². The lowest BCUT2D eigenvalue weighted by molar-refractivity contribution is -0.145. The van der Waals surface area contributed by atoms with Crippen molar-refractivity contribution in [3.8, 4) is 5.75 Å². The quantitative estimate of drug-likeness (QED) is 0.786. The maximum absolute atomic E-state index is 14.0. The Morgan fingerprint density at radius 2 is 1.69 bits per heavy atom. The molecule has 0 radical (unpaired) electrons. The number of esters is 1. The molecular weight excluding hydrogens is 344 g/mol. The van der Waals surface area contributed by atoms with Gasteiger partial charge in [0.1, 0.15) is 18.0 Å². The van der Waals surface area contributed by atoms with E-state index in [2.05, 4.69) is 0 Å². The van der Waals surface area contributed by atoms with Gasteiger partial charge in [0.2, 0.25) is 0 Å². The minimum atomic E-state index is -0.927. The molecule has 136 valence electrons. The fourth-order valence-electron chi connectivity index (χ4n) is 2.98. The third-order valence-electron chi connectivity index (χ3n) is 4.23. The number of methoxy groups -OCH3 is 1. The Morgan fingerprint density at radius 3 is 2.35 bits per heavy atom. The van der Waals surface area contributed by atoms with Crippen molar-refractivity contribution in [1.82, 2.24) is 4.90 Å². The third kappa shape index (κ3) is 3.51. The second-order valence-corrected chi connectivity index (χ2v) is 5.88. The molecule has 1 saturated heterocycles. The van der Waals surface area contributed by atoms with Gasteiger partial charge in [0.05, 0.1) is 19.2 Å². The first-order valence-corrected chi connectivity index (χ1v) is 8.05. The molecule has 5 nitrogen and oxygen atoms in total. The van der Waals surface area contributed by atoms with Gasteiger partial charge in [-0.1, -0.05) is 24.3 Å². The summed E-state index contributed by atoms with van der Waals surface area (Å²) in [5.41, 5.74) is -0.145. The number of carbonyl (C=O) groups is 2. The molecule has 1 amide bonds. The predicted molar refractivity (Wildman–Crippen MR) is 88.7 cm³/mol. The number of carbonyl (C=O) groups excluding carboxylic acids is 2. The molecule has 0 bridgehead atoms. The summed E-state index contributed by atoms with van der Waals surface area (Å²) >= 11 is 0. The topological polar surface area (TPSA) is 55.8 Å². The minimum absolute atomic E-state index is 0.0151. The van der Waals surface area contributed by atoms with E-state index < -0.39 is 35.7 Å². The van der Waals surface area contributed by atoms with Gasteiger partial charge in [0.15, 0.2) is 11.6 Å². The van der Waals surface area contributed by atoms with Crippen molar-refractivity contribution in [1.29, 1.82) is 0 Å². The van der Waals surface area contributed by atoms with Crippen LogP contribution in [0.25, 0.3) is 0 Å². The maximum Gasteiger partial charge on any atom is 0.328 e. The Balaban J connectivity index is 1.83. The normalized spacial score (nSPS) is 19.3. The fourth-order valence-corrected chi connectivity index (χ4v) is 2.98. The Kier molecular flexibility index (Phi) is 5.16. The molecule has 2 atom stereocenters. The Labute approximate surface area is 149 Å². The van der Waals surface area contributed by atoms with E-state index in [9.17, 15) is 18.4 Å². The highest BCUT2D eigenvalue weighted by Gasteiger charge is 2.42. The van der Waals surface area contributed by atoms with Gasteiger partial charge in [-0.05, 0) is 24.3 Å². The first-order valence-electron chi connectivity index (χ1n) is 8.05. The third-order valence-corrected chi connectivity index (χ3v) is 4.23. The monoisotopic (exact) mass is 361 g/mol. The summed E-state index contributed by atoms with van der Waals surface area (Å²) in [6, 6.07) is 10.5. The SMILES string of the molecule is COC(=O)C1CC(Oc2ccccc2F)CN1C(=O)c1ccccc1F. The van der Waals surface area contributed by atoms with Gasteiger partial charge in [-0.2, -0.15) is 0 Å². The van der Waals surface area contributed by atoms with E-state index in [1.54, 1.807) is 6.07 Å². The van der Waals surface area contributed by atoms with Gasteiger partial charge in [-0.15, -0.1) is 0 Å². The van der Waals surface area contributed by atoms with E-state index in [0.717, 1.165) is 0 Å². The molecular formula is C19H17F2NO4. The molecule has 0 spiro atoms. The van der Waals surface area contributed by atoms with Crippen LogP contribution in [0.4, 0.5) is 8.78 Å². The lowest BCUT2D eigenvalue weighted by Crippen LogP contribution is -2.41. The average Bonchev–Trinajstić information content (AvgIpc) is 3.07. The first kappa shape index (κ1) is 17.8. The lowest BCUT2D eigenvalue weighted by Gasteiger charge is -2.22. The van der Waals surface area contributed by atoms with Gasteiger partial charge in [-0.3, -0.25) is 4.79 Å². The zero-order valence-electron chi connectivity index (χ0n) is 14.0. The van der Waals surface area contributed by atoms with E-state index in [1.165, 1.54) is 54.5 Å². The summed E-state index contributed by atoms with van der Waals surface area (Å²) < 4.78 is 38.1. The zero-order chi connectivity index (χ0) is 18.7. The van der Waals surface area contributed by atoms with Crippen molar-refractivity contribution < 1.29 is 27.8 Å². The maximum atomic E-state index is 14.0. The van der Waals surface area contributed by atoms with E-state index in [4.69, 9.17) is 9.47 Å². The van der Waals surface area contributed by atoms with Crippen LogP contribution in [0.5, 0.6) is 5.75 Å². The highest BCUT2D eigenvalue weighted by Crippen LogP contribution is 2.27. The standard InChI is InChI=1S/C19H17F2NO4/c1-25-19(24)16-10-12(26-17-9-5-4-8-15(17)21)11-22(16)18(23)13-6-2-3-7-14(13)20/h2-9,12,16H,10-11H2,1H3. The molecule has 0 aromatic heterocycles. The number of halogens is 2. The number of ether oxygens (including phenoxy) is 2. The molecule has 1 heterocycles. The van der Waals surface area contributed by atoms with Crippen molar-refractivity contribution in [2.24, 2.45) is 0 Å². The van der Waals surface area contributed by atoms with Crippen LogP contribution in [0.3, 0.4) is 0 Å². The summed E-state index contributed by atoms with van der Waals surface area (Å²) in [6.07, 6.45) is -0.493. The predicted octanol–water partition coefficient (Wildman–Crippen LogP) is 2.80. The summed E-state index contributed by atoms with van der Waals surface area (Å²) in [5.74, 6) is -2.46. The molecule has 2 unspecified atom stereocenters. The van der Waals surface area contributed by atoms with Crippen LogP contribution in [0.1, 0.15) is 16.8 Å². The van der Waals surface area contributed by atoms with E-state index in [1.807, 2.05) is 0 Å². The largest absolute Gasteiger partial charge is 0.485 e. The number of hydrogen-bond donors (Lipinski definition) is 0. The number of likely N-dealkylation sites (tertiary alicyclic amines) is 1. The summed E-state index contributed by atoms with van der Waals surface area (Å²) in [7, 11) is 1.21. The van der Waals surface area contributed by atoms with Gasteiger partial charge < -0.3 is 14.4 Å². The van der Waals surface area contributed by atoms with Crippen LogP contribution in [-0.4, -0.2) is 42.6 Å². The van der Waals surface area contributed by atoms with Crippen molar-refractivity contribution >= 4 is 11.9 Å². The molecule has 1 aliphatic heterocycles. The second-order valence-electron chi connectivity index (χ2n) is 5.88. The molecule has 0 saturated carbocycles. The van der Waals surface area contributed by atoms with Crippen molar-refractivity contribution in [2.45, 2.75) is 18.6 Å². The van der Waals surface area contributed by atoms with Crippen LogP contribution < -0.4 is 4.74 Å². The van der Waals surface area contributed by atoms with Crippen molar-refractivity contribution in [3.63, 3.8) is 0 Å². The molecule has 3 rings (SSSR count). The first-order chi connectivity index (χ1) is 12.5. The molecule has 0 aliphatic carbocycles. The van der Waals surface area contributed by atoms with E-state index in [-0.39, 0.29) is 24.3 Å². The van der Waals surface area contributed by atoms with Gasteiger partial charge in [-0.25, -0.2) is 13.6 Å². The molecule has 2 aromatic rings. The molecule has 2 aromatic carbocycles. The van der Waals surface area contributed by atoms with Crippen LogP contribution in [0, 0.1) is 11.6 Å². The number of rotatable bonds is 4. The number of amides is 1. The number of nitrogens with zero attached hydrogens (tertiary/aromatic N) is 1. The van der Waals surface area contributed by atoms with E-state index >= 15 is 0 Å². The van der Waals surface area contributed by atoms with Crippen LogP contribution >= 0.6 is 0 Å². The summed E-state index contributed by atoms with van der Waals surface area (Å²) in [6.45, 7) is 0.0151. The fraction of sp³-hybridized carbons (Fsp3) is 0.263. The summed E-state index contributed by atoms with van der Waals surface area (Å²) in [4.78, 5) is 26.0. The molecule has 0 N–H and O–H groups in total. The van der Waals surface area contributed by atoms with Crippen molar-refractivity contribution in [3.05, 3.63) is 65.7 Å². The number of hydrogen-bond acceptors (Lipinski definition) is 4. The van der Waals surface area contributed by atoms with E-state index in [0.29, 0.717) is 0 Å². The summed E-state index contributed by atoms with van der Waals surface area (Å²) in [5, 5.41) is 0. The molecule has 7 heteroatoms. The van der Waals surface area contributed by atoms with Crippen LogP contribution in [-0.2, 0) is 9.53 Å². The smallest absolute Gasteiger partial charge is 0.328 e. The van der Waals surface area contributed by atoms with Crippen LogP contribution in [0.2, 0.25) is 0 Å². The highest BCUT2D eigenvalue weighted by molar-refractivity contribution is 5.97. The van der Waals surface area contributed by atoms with Crippen LogP contribution in [0.15, 0.2) is 48.5 Å². The number of benzene rings is 2. The molecule has 1 fully saturated rings. The van der Waals surface area contributed by atoms with Crippen molar-refractivity contribution in [2.75, 3.05) is 13.7 Å².